The monoisotopic (exact) mass is 571 g/mol. The molecule has 1 heterocycles. The number of aliphatic hydroxyl groups excluding tert-OH is 4. The molecule has 0 aliphatic heterocycles. The fraction of sp³-hybridized carbons (Fsp3) is 0.576. The Labute approximate surface area is 244 Å². The predicted octanol–water partition coefficient (Wildman–Crippen LogP) is 5.92. The Kier molecular flexibility index (Phi) is 13.9. The lowest BCUT2D eigenvalue weighted by Gasteiger charge is -2.36. The first-order valence-electron chi connectivity index (χ1n) is 14.4. The van der Waals surface area contributed by atoms with E-state index in [2.05, 4.69) is 18.0 Å². The molecule has 0 radical (unpaired) electrons. The van der Waals surface area contributed by atoms with E-state index < -0.39 is 29.6 Å². The summed E-state index contributed by atoms with van der Waals surface area (Å²) in [5.41, 5.74) is 2.82. The van der Waals surface area contributed by atoms with Crippen molar-refractivity contribution in [2.24, 2.45) is 17.3 Å². The van der Waals surface area contributed by atoms with Gasteiger partial charge in [0, 0.05) is 23.3 Å². The summed E-state index contributed by atoms with van der Waals surface area (Å²) < 4.78 is 0. The van der Waals surface area contributed by atoms with E-state index in [0.29, 0.717) is 12.8 Å². The lowest BCUT2D eigenvalue weighted by Crippen LogP contribution is -2.46. The number of thiazole rings is 1. The summed E-state index contributed by atoms with van der Waals surface area (Å²) >= 11 is 1.59. The van der Waals surface area contributed by atoms with Crippen molar-refractivity contribution in [2.45, 2.75) is 98.4 Å². The van der Waals surface area contributed by atoms with E-state index in [1.165, 1.54) is 5.57 Å². The maximum Gasteiger partial charge on any atom is 0.147 e. The summed E-state index contributed by atoms with van der Waals surface area (Å²) in [6, 6.07) is 9.66. The van der Waals surface area contributed by atoms with Gasteiger partial charge in [-0.1, -0.05) is 62.8 Å². The third-order valence-electron chi connectivity index (χ3n) is 7.96. The Hall–Kier alpha value is -2.16. The normalized spacial score (nSPS) is 16.9. The largest absolute Gasteiger partial charge is 0.396 e. The molecule has 2 aromatic rings. The molecule has 2 rings (SSSR count). The third kappa shape index (κ3) is 10.3. The minimum Gasteiger partial charge on any atom is -0.396 e. The van der Waals surface area contributed by atoms with Crippen LogP contribution in [0.1, 0.15) is 83.0 Å². The molecule has 222 valence electrons. The topological polar surface area (TPSA) is 111 Å². The fourth-order valence-corrected chi connectivity index (χ4v) is 5.58. The van der Waals surface area contributed by atoms with Crippen molar-refractivity contribution < 1.29 is 25.2 Å². The van der Waals surface area contributed by atoms with Crippen LogP contribution in [0.15, 0.2) is 52.9 Å². The van der Waals surface area contributed by atoms with E-state index >= 15 is 0 Å². The molecule has 0 fully saturated rings. The van der Waals surface area contributed by atoms with Crippen LogP contribution < -0.4 is 0 Å². The minimum atomic E-state index is -1.09. The predicted molar refractivity (Wildman–Crippen MR) is 164 cm³/mol. The highest BCUT2D eigenvalue weighted by atomic mass is 32.1. The van der Waals surface area contributed by atoms with Gasteiger partial charge in [0.25, 0.3) is 0 Å². The van der Waals surface area contributed by atoms with Gasteiger partial charge in [0.2, 0.25) is 0 Å². The molecular formula is C33H49NO5S. The van der Waals surface area contributed by atoms with Gasteiger partial charge in [-0.2, -0.15) is 0 Å². The zero-order valence-electron chi connectivity index (χ0n) is 25.0. The van der Waals surface area contributed by atoms with Crippen molar-refractivity contribution in [3.8, 4) is 0 Å². The number of aromatic nitrogens is 1. The first-order valence-corrected chi connectivity index (χ1v) is 15.2. The van der Waals surface area contributed by atoms with E-state index in [4.69, 9.17) is 0 Å². The van der Waals surface area contributed by atoms with Crippen molar-refractivity contribution in [2.75, 3.05) is 6.61 Å². The smallest absolute Gasteiger partial charge is 0.147 e. The summed E-state index contributed by atoms with van der Waals surface area (Å²) in [4.78, 5) is 18.1. The second-order valence-electron chi connectivity index (χ2n) is 11.8. The number of carbonyl (C=O) groups excluding carboxylic acids is 1. The van der Waals surface area contributed by atoms with Crippen molar-refractivity contribution in [1.82, 2.24) is 4.98 Å². The van der Waals surface area contributed by atoms with Crippen LogP contribution in [0.25, 0.3) is 6.08 Å². The standard InChI is InChI=1S/C33H49NO5S/c1-22(15-16-29(36)24(3)19-27-21-40-25(4)34-27)11-10-12-23(2)31(38)28(20-26-13-8-7-9-14-26)32(39)33(5,6)30(37)17-18-35/h7-9,13-15,19,21,23,28-31,35-38H,10-12,16-18,20H2,1-6H3/b22-15+,24-19+/t23-,28-,29-,30-,31+/m0/s1. The van der Waals surface area contributed by atoms with Crippen LogP contribution >= 0.6 is 11.3 Å². The molecule has 5 atom stereocenters. The lowest BCUT2D eigenvalue weighted by atomic mass is 9.70. The summed E-state index contributed by atoms with van der Waals surface area (Å²) in [5.74, 6) is -0.963. The molecule has 40 heavy (non-hydrogen) atoms. The molecule has 0 amide bonds. The number of rotatable bonds is 17. The molecule has 0 aliphatic rings. The van der Waals surface area contributed by atoms with Gasteiger partial charge < -0.3 is 20.4 Å². The van der Waals surface area contributed by atoms with Crippen molar-refractivity contribution in [1.29, 1.82) is 0 Å². The maximum absolute atomic E-state index is 13.7. The number of carbonyl (C=O) groups is 1. The molecule has 1 aromatic carbocycles. The number of hydrogen-bond donors (Lipinski definition) is 4. The van der Waals surface area contributed by atoms with Crippen LogP contribution in [-0.4, -0.2) is 56.1 Å². The number of hydrogen-bond acceptors (Lipinski definition) is 7. The van der Waals surface area contributed by atoms with Gasteiger partial charge in [-0.15, -0.1) is 11.3 Å². The number of benzene rings is 1. The summed E-state index contributed by atoms with van der Waals surface area (Å²) in [5, 5.41) is 44.8. The Morgan fingerprint density at radius 2 is 1.77 bits per heavy atom. The number of aliphatic hydroxyl groups is 4. The fourth-order valence-electron chi connectivity index (χ4n) is 5.01. The maximum atomic E-state index is 13.7. The van der Waals surface area contributed by atoms with E-state index in [-0.39, 0.29) is 24.7 Å². The SMILES string of the molecule is C/C(=C\C[C@H](O)/C(C)=C/c1csc(C)n1)CCC[C@H](C)[C@@H](O)[C@H](Cc1ccccc1)C(=O)C(C)(C)[C@@H](O)CCO. The second kappa shape index (κ2) is 16.3. The Balaban J connectivity index is 1.99. The molecule has 1 aromatic heterocycles. The number of allylic oxidation sites excluding steroid dienone is 1. The van der Waals surface area contributed by atoms with Crippen LogP contribution in [0.2, 0.25) is 0 Å². The molecule has 6 nitrogen and oxygen atoms in total. The molecule has 0 spiro atoms. The summed E-state index contributed by atoms with van der Waals surface area (Å²) in [7, 11) is 0. The first kappa shape index (κ1) is 34.0. The zero-order chi connectivity index (χ0) is 29.9. The number of nitrogens with zero attached hydrogens (tertiary/aromatic N) is 1. The van der Waals surface area contributed by atoms with Gasteiger partial charge in [-0.3, -0.25) is 4.79 Å². The first-order chi connectivity index (χ1) is 18.9. The Morgan fingerprint density at radius 1 is 1.10 bits per heavy atom. The molecule has 0 aliphatic carbocycles. The minimum absolute atomic E-state index is 0.114. The number of aryl methyl sites for hydroxylation is 1. The van der Waals surface area contributed by atoms with Crippen LogP contribution in [0, 0.1) is 24.2 Å². The average Bonchev–Trinajstić information content (AvgIpc) is 3.34. The van der Waals surface area contributed by atoms with Crippen LogP contribution in [-0.2, 0) is 11.2 Å². The van der Waals surface area contributed by atoms with Crippen LogP contribution in [0.4, 0.5) is 0 Å². The van der Waals surface area contributed by atoms with Crippen molar-refractivity contribution in [3.05, 3.63) is 69.2 Å². The van der Waals surface area contributed by atoms with Crippen LogP contribution in [0.5, 0.6) is 0 Å². The van der Waals surface area contributed by atoms with E-state index in [0.717, 1.165) is 41.1 Å². The molecule has 0 unspecified atom stereocenters. The number of Topliss-reactive ketones (excluding diaryl/α,β-unsaturated/α-hetero) is 1. The van der Waals surface area contributed by atoms with Gasteiger partial charge in [0.15, 0.2) is 0 Å². The van der Waals surface area contributed by atoms with E-state index in [1.54, 1.807) is 25.2 Å². The number of ketones is 1. The third-order valence-corrected chi connectivity index (χ3v) is 8.75. The average molecular weight is 572 g/mol. The van der Waals surface area contributed by atoms with Gasteiger partial charge >= 0.3 is 0 Å². The van der Waals surface area contributed by atoms with Crippen LogP contribution in [0.3, 0.4) is 0 Å². The Bertz CT molecular complexity index is 1110. The summed E-state index contributed by atoms with van der Waals surface area (Å²) in [6.45, 7) is 11.1. The quantitative estimate of drug-likeness (QED) is 0.176. The molecular weight excluding hydrogens is 522 g/mol. The highest BCUT2D eigenvalue weighted by Gasteiger charge is 2.42. The van der Waals surface area contributed by atoms with Gasteiger partial charge in [0.05, 0.1) is 29.0 Å². The molecule has 0 bridgehead atoms. The van der Waals surface area contributed by atoms with Crippen molar-refractivity contribution in [3.63, 3.8) is 0 Å². The highest BCUT2D eigenvalue weighted by molar-refractivity contribution is 7.09. The molecule has 0 saturated heterocycles. The second-order valence-corrected chi connectivity index (χ2v) is 12.8. The highest BCUT2D eigenvalue weighted by Crippen LogP contribution is 2.33. The molecule has 0 saturated carbocycles. The summed E-state index contributed by atoms with van der Waals surface area (Å²) in [6.07, 6.45) is 5.07. The molecule has 4 N–H and O–H groups in total. The van der Waals surface area contributed by atoms with Crippen molar-refractivity contribution >= 4 is 23.2 Å². The molecule has 7 heteroatoms. The lowest BCUT2D eigenvalue weighted by molar-refractivity contribution is -0.143. The van der Waals surface area contributed by atoms with E-state index in [1.807, 2.05) is 62.6 Å². The Morgan fingerprint density at radius 3 is 2.38 bits per heavy atom. The van der Waals surface area contributed by atoms with Gasteiger partial charge in [-0.25, -0.2) is 4.98 Å². The van der Waals surface area contributed by atoms with Gasteiger partial charge in [-0.05, 0) is 82.4 Å². The van der Waals surface area contributed by atoms with E-state index in [9.17, 15) is 25.2 Å². The van der Waals surface area contributed by atoms with Gasteiger partial charge in [0.1, 0.15) is 5.78 Å². The zero-order valence-corrected chi connectivity index (χ0v) is 25.8.